The zero-order valence-corrected chi connectivity index (χ0v) is 11.8. The van der Waals surface area contributed by atoms with Crippen molar-refractivity contribution in [1.29, 1.82) is 5.26 Å². The van der Waals surface area contributed by atoms with E-state index in [9.17, 15) is 10.1 Å². The molecule has 2 N–H and O–H groups in total. The first-order chi connectivity index (χ1) is 9.69. The number of carbonyl (C=O) groups excluding carboxylic acids is 1. The van der Waals surface area contributed by atoms with Crippen molar-refractivity contribution in [3.8, 4) is 6.07 Å². The molecular formula is C13H13N5OS. The highest BCUT2D eigenvalue weighted by atomic mass is 32.1. The summed E-state index contributed by atoms with van der Waals surface area (Å²) < 4.78 is 1.57. The van der Waals surface area contributed by atoms with Gasteiger partial charge in [-0.1, -0.05) is 0 Å². The van der Waals surface area contributed by atoms with E-state index < -0.39 is 0 Å². The molecule has 0 aromatic carbocycles. The van der Waals surface area contributed by atoms with Crippen LogP contribution in [0.3, 0.4) is 0 Å². The van der Waals surface area contributed by atoms with Gasteiger partial charge < -0.3 is 10.6 Å². The summed E-state index contributed by atoms with van der Waals surface area (Å²) in [4.78, 5) is 13.2. The average Bonchev–Trinajstić information content (AvgIpc) is 3.01. The molecule has 0 saturated heterocycles. The molecule has 1 aliphatic rings. The fourth-order valence-electron chi connectivity index (χ4n) is 2.24. The minimum atomic E-state index is -0.284. The monoisotopic (exact) mass is 287 g/mol. The Kier molecular flexibility index (Phi) is 3.26. The van der Waals surface area contributed by atoms with Crippen LogP contribution in [0.4, 0.5) is 5.00 Å². The molecule has 0 bridgehead atoms. The van der Waals surface area contributed by atoms with Gasteiger partial charge in [0.25, 0.3) is 5.91 Å². The number of anilines is 1. The molecule has 3 heterocycles. The predicted molar refractivity (Wildman–Crippen MR) is 75.6 cm³/mol. The van der Waals surface area contributed by atoms with Crippen LogP contribution in [0, 0.1) is 11.3 Å². The molecule has 3 rings (SSSR count). The summed E-state index contributed by atoms with van der Waals surface area (Å²) in [6.45, 7) is 1.63. The Morgan fingerprint density at radius 3 is 3.20 bits per heavy atom. The molecule has 0 fully saturated rings. The van der Waals surface area contributed by atoms with E-state index in [2.05, 4.69) is 21.8 Å². The van der Waals surface area contributed by atoms with Gasteiger partial charge in [0.1, 0.15) is 11.1 Å². The van der Waals surface area contributed by atoms with Crippen LogP contribution in [-0.2, 0) is 20.0 Å². The second-order valence-electron chi connectivity index (χ2n) is 4.58. The average molecular weight is 287 g/mol. The van der Waals surface area contributed by atoms with E-state index in [1.165, 1.54) is 11.3 Å². The van der Waals surface area contributed by atoms with Crippen LogP contribution in [-0.4, -0.2) is 22.2 Å². The van der Waals surface area contributed by atoms with Gasteiger partial charge in [0.05, 0.1) is 5.56 Å². The minimum Gasteiger partial charge on any atom is -0.312 e. The number of fused-ring (bicyclic) bond motifs is 1. The quantitative estimate of drug-likeness (QED) is 0.871. The van der Waals surface area contributed by atoms with Gasteiger partial charge in [-0.3, -0.25) is 9.48 Å². The number of hydrogen-bond acceptors (Lipinski definition) is 5. The Morgan fingerprint density at radius 2 is 2.50 bits per heavy atom. The van der Waals surface area contributed by atoms with E-state index in [0.29, 0.717) is 16.3 Å². The van der Waals surface area contributed by atoms with Gasteiger partial charge in [-0.25, -0.2) is 0 Å². The van der Waals surface area contributed by atoms with Crippen molar-refractivity contribution in [2.75, 3.05) is 11.9 Å². The van der Waals surface area contributed by atoms with Crippen molar-refractivity contribution < 1.29 is 4.79 Å². The topological polar surface area (TPSA) is 82.7 Å². The summed E-state index contributed by atoms with van der Waals surface area (Å²) in [6, 6.07) is 3.86. The number of amides is 1. The van der Waals surface area contributed by atoms with Crippen LogP contribution in [0.1, 0.15) is 26.5 Å². The van der Waals surface area contributed by atoms with Crippen LogP contribution in [0.15, 0.2) is 12.3 Å². The van der Waals surface area contributed by atoms with Crippen molar-refractivity contribution in [3.05, 3.63) is 34.0 Å². The molecule has 1 amide bonds. The third kappa shape index (κ3) is 2.19. The molecule has 0 unspecified atom stereocenters. The lowest BCUT2D eigenvalue weighted by molar-refractivity contribution is 0.102. The fraction of sp³-hybridized carbons (Fsp3) is 0.308. The number of aromatic nitrogens is 2. The lowest BCUT2D eigenvalue weighted by Gasteiger charge is -2.11. The van der Waals surface area contributed by atoms with E-state index in [4.69, 9.17) is 0 Å². The smallest absolute Gasteiger partial charge is 0.276 e. The van der Waals surface area contributed by atoms with Crippen molar-refractivity contribution in [3.63, 3.8) is 0 Å². The van der Waals surface area contributed by atoms with Crippen LogP contribution in [0.5, 0.6) is 0 Å². The Bertz CT molecular complexity index is 709. The predicted octanol–water partition coefficient (Wildman–Crippen LogP) is 1.25. The van der Waals surface area contributed by atoms with E-state index >= 15 is 0 Å². The van der Waals surface area contributed by atoms with Crippen molar-refractivity contribution in [1.82, 2.24) is 15.1 Å². The number of aryl methyl sites for hydroxylation is 1. The van der Waals surface area contributed by atoms with Crippen LogP contribution >= 0.6 is 11.3 Å². The molecule has 0 atom stereocenters. The molecule has 0 radical (unpaired) electrons. The Hall–Kier alpha value is -2.17. The number of thiophene rings is 1. The molecule has 1 aliphatic heterocycles. The Balaban J connectivity index is 1.89. The summed E-state index contributed by atoms with van der Waals surface area (Å²) in [5.74, 6) is -0.284. The van der Waals surface area contributed by atoms with Gasteiger partial charge in [0.15, 0.2) is 5.69 Å². The fourth-order valence-corrected chi connectivity index (χ4v) is 3.41. The molecule has 0 spiro atoms. The number of rotatable bonds is 2. The molecule has 2 aromatic heterocycles. The molecule has 20 heavy (non-hydrogen) atoms. The van der Waals surface area contributed by atoms with Gasteiger partial charge in [0, 0.05) is 24.7 Å². The maximum absolute atomic E-state index is 12.1. The largest absolute Gasteiger partial charge is 0.312 e. The van der Waals surface area contributed by atoms with Crippen LogP contribution in [0.2, 0.25) is 0 Å². The number of nitrogens with zero attached hydrogens (tertiary/aromatic N) is 3. The van der Waals surface area contributed by atoms with E-state index in [1.807, 2.05) is 0 Å². The summed E-state index contributed by atoms with van der Waals surface area (Å²) >= 11 is 1.46. The first-order valence-electron chi connectivity index (χ1n) is 6.25. The number of carbonyl (C=O) groups is 1. The molecule has 0 saturated carbocycles. The molecule has 2 aromatic rings. The molecule has 6 nitrogen and oxygen atoms in total. The maximum atomic E-state index is 12.1. The van der Waals surface area contributed by atoms with Crippen LogP contribution in [0.25, 0.3) is 0 Å². The van der Waals surface area contributed by atoms with Gasteiger partial charge in [-0.2, -0.15) is 10.4 Å². The van der Waals surface area contributed by atoms with E-state index in [-0.39, 0.29) is 5.91 Å². The summed E-state index contributed by atoms with van der Waals surface area (Å²) in [5, 5.41) is 20.1. The normalized spacial score (nSPS) is 13.6. The minimum absolute atomic E-state index is 0.284. The second kappa shape index (κ2) is 5.07. The van der Waals surface area contributed by atoms with E-state index in [1.54, 1.807) is 24.0 Å². The third-order valence-electron chi connectivity index (χ3n) is 3.21. The van der Waals surface area contributed by atoms with Gasteiger partial charge in [-0.05, 0) is 24.6 Å². The highest BCUT2D eigenvalue weighted by Crippen LogP contribution is 2.34. The first-order valence-corrected chi connectivity index (χ1v) is 7.07. The lowest BCUT2D eigenvalue weighted by Crippen LogP contribution is -2.22. The molecule has 102 valence electrons. The van der Waals surface area contributed by atoms with Crippen molar-refractivity contribution in [2.24, 2.45) is 7.05 Å². The summed E-state index contributed by atoms with van der Waals surface area (Å²) in [7, 11) is 1.76. The Morgan fingerprint density at radius 1 is 1.65 bits per heavy atom. The number of hydrogen-bond donors (Lipinski definition) is 2. The second-order valence-corrected chi connectivity index (χ2v) is 5.68. The number of nitrogens with one attached hydrogen (secondary N) is 2. The van der Waals surface area contributed by atoms with Gasteiger partial charge in [-0.15, -0.1) is 11.3 Å². The number of nitriles is 1. The first kappa shape index (κ1) is 12.8. The van der Waals surface area contributed by atoms with E-state index in [0.717, 1.165) is 30.0 Å². The van der Waals surface area contributed by atoms with Crippen molar-refractivity contribution in [2.45, 2.75) is 13.0 Å². The third-order valence-corrected chi connectivity index (χ3v) is 4.36. The highest BCUT2D eigenvalue weighted by molar-refractivity contribution is 7.16. The zero-order chi connectivity index (χ0) is 14.1. The van der Waals surface area contributed by atoms with Crippen molar-refractivity contribution >= 4 is 22.2 Å². The lowest BCUT2D eigenvalue weighted by atomic mass is 10.1. The SMILES string of the molecule is Cn1ccc(C(=O)Nc2sc3c(c2C#N)CCNC3)n1. The standard InChI is InChI=1S/C13H13N5OS/c1-18-5-3-10(17-18)12(19)16-13-9(6-14)8-2-4-15-7-11(8)20-13/h3,5,15H,2,4,7H2,1H3,(H,16,19). The maximum Gasteiger partial charge on any atom is 0.276 e. The van der Waals surface area contributed by atoms with Crippen LogP contribution < -0.4 is 10.6 Å². The highest BCUT2D eigenvalue weighted by Gasteiger charge is 2.22. The molecule has 7 heteroatoms. The molecular weight excluding hydrogens is 274 g/mol. The van der Waals surface area contributed by atoms with Gasteiger partial charge in [0.2, 0.25) is 0 Å². The zero-order valence-electron chi connectivity index (χ0n) is 10.9. The summed E-state index contributed by atoms with van der Waals surface area (Å²) in [6.07, 6.45) is 2.54. The van der Waals surface area contributed by atoms with Gasteiger partial charge >= 0.3 is 0 Å². The Labute approximate surface area is 120 Å². The molecule has 0 aliphatic carbocycles. The summed E-state index contributed by atoms with van der Waals surface area (Å²) in [5.41, 5.74) is 2.00.